The number of aromatic amines is 1. The lowest BCUT2D eigenvalue weighted by Crippen LogP contribution is -1.87. The van der Waals surface area contributed by atoms with Crippen molar-refractivity contribution in [3.05, 3.63) is 41.7 Å². The highest BCUT2D eigenvalue weighted by Crippen LogP contribution is 2.31. The van der Waals surface area contributed by atoms with Gasteiger partial charge in [0, 0.05) is 29.2 Å². The molecule has 1 heterocycles. The first-order valence-electron chi connectivity index (χ1n) is 3.96. The van der Waals surface area contributed by atoms with Gasteiger partial charge < -0.3 is 10.7 Å². The summed E-state index contributed by atoms with van der Waals surface area (Å²) >= 11 is 5.96. The molecule has 13 heavy (non-hydrogen) atoms. The van der Waals surface area contributed by atoms with Gasteiger partial charge in [0.25, 0.3) is 0 Å². The van der Waals surface area contributed by atoms with E-state index in [4.69, 9.17) is 17.3 Å². The van der Waals surface area contributed by atoms with Crippen LogP contribution in [0.5, 0.6) is 0 Å². The molecule has 2 aromatic rings. The van der Waals surface area contributed by atoms with E-state index in [1.54, 1.807) is 6.20 Å². The number of nitrogens with two attached hydrogens (primary N) is 1. The highest BCUT2D eigenvalue weighted by Gasteiger charge is 2.05. The number of para-hydroxylation sites is 1. The van der Waals surface area contributed by atoms with Crippen LogP contribution in [-0.2, 0) is 0 Å². The topological polar surface area (TPSA) is 41.8 Å². The number of rotatable bonds is 1. The Bertz CT molecular complexity index is 420. The number of anilines is 1. The van der Waals surface area contributed by atoms with Gasteiger partial charge in [-0.2, -0.15) is 0 Å². The molecule has 0 unspecified atom stereocenters. The molecule has 3 heteroatoms. The Balaban J connectivity index is 2.59. The maximum Gasteiger partial charge on any atom is 0.0659 e. The maximum absolute atomic E-state index is 5.96. The van der Waals surface area contributed by atoms with Crippen LogP contribution in [0, 0.1) is 0 Å². The second kappa shape index (κ2) is 3.15. The minimum absolute atomic E-state index is 0.693. The molecule has 0 saturated carbocycles. The Hall–Kier alpha value is -1.41. The molecule has 0 atom stereocenters. The molecule has 0 aliphatic rings. The van der Waals surface area contributed by atoms with Gasteiger partial charge in [0.2, 0.25) is 0 Å². The second-order valence-corrected chi connectivity index (χ2v) is 3.21. The third-order valence-corrected chi connectivity index (χ3v) is 2.26. The van der Waals surface area contributed by atoms with Gasteiger partial charge in [-0.05, 0) is 6.07 Å². The van der Waals surface area contributed by atoms with E-state index in [9.17, 15) is 0 Å². The van der Waals surface area contributed by atoms with Crippen LogP contribution in [0.2, 0.25) is 5.02 Å². The lowest BCUT2D eigenvalue weighted by molar-refractivity contribution is 1.41. The van der Waals surface area contributed by atoms with E-state index < -0.39 is 0 Å². The standard InChI is InChI=1S/C10H9ClN2/c11-9-6-13-5-8(9)7-3-1-2-4-10(7)12/h1-6,13H,12H2. The summed E-state index contributed by atoms with van der Waals surface area (Å²) in [5.74, 6) is 0. The van der Waals surface area contributed by atoms with E-state index in [-0.39, 0.29) is 0 Å². The number of benzene rings is 1. The molecule has 2 nitrogen and oxygen atoms in total. The molecular weight excluding hydrogens is 184 g/mol. The van der Waals surface area contributed by atoms with Crippen molar-refractivity contribution in [2.24, 2.45) is 0 Å². The van der Waals surface area contributed by atoms with Gasteiger partial charge in [0.1, 0.15) is 0 Å². The van der Waals surface area contributed by atoms with E-state index in [2.05, 4.69) is 4.98 Å². The van der Waals surface area contributed by atoms with Crippen molar-refractivity contribution in [2.45, 2.75) is 0 Å². The Kier molecular flexibility index (Phi) is 1.99. The molecule has 1 aromatic carbocycles. The predicted molar refractivity (Wildman–Crippen MR) is 55.7 cm³/mol. The Labute approximate surface area is 81.3 Å². The van der Waals surface area contributed by atoms with Crippen LogP contribution in [0.1, 0.15) is 0 Å². The molecular formula is C10H9ClN2. The van der Waals surface area contributed by atoms with Crippen molar-refractivity contribution in [2.75, 3.05) is 5.73 Å². The summed E-state index contributed by atoms with van der Waals surface area (Å²) in [6, 6.07) is 7.65. The summed E-state index contributed by atoms with van der Waals surface area (Å²) in [4.78, 5) is 2.94. The number of H-pyrrole nitrogens is 1. The smallest absolute Gasteiger partial charge is 0.0659 e. The first kappa shape index (κ1) is 8.20. The van der Waals surface area contributed by atoms with E-state index in [1.807, 2.05) is 30.5 Å². The van der Waals surface area contributed by atoms with Crippen LogP contribution in [-0.4, -0.2) is 4.98 Å². The van der Waals surface area contributed by atoms with Crippen molar-refractivity contribution < 1.29 is 0 Å². The van der Waals surface area contributed by atoms with E-state index in [0.29, 0.717) is 5.02 Å². The van der Waals surface area contributed by atoms with Crippen LogP contribution >= 0.6 is 11.6 Å². The maximum atomic E-state index is 5.96. The van der Waals surface area contributed by atoms with Crippen molar-refractivity contribution in [3.63, 3.8) is 0 Å². The summed E-state index contributed by atoms with van der Waals surface area (Å²) in [7, 11) is 0. The van der Waals surface area contributed by atoms with Crippen molar-refractivity contribution in [1.82, 2.24) is 4.98 Å². The predicted octanol–water partition coefficient (Wildman–Crippen LogP) is 2.92. The fourth-order valence-electron chi connectivity index (χ4n) is 1.29. The van der Waals surface area contributed by atoms with E-state index in [0.717, 1.165) is 16.8 Å². The molecule has 0 saturated heterocycles. The number of hydrogen-bond donors (Lipinski definition) is 2. The molecule has 2 rings (SSSR count). The zero-order valence-corrected chi connectivity index (χ0v) is 7.68. The van der Waals surface area contributed by atoms with Gasteiger partial charge in [-0.1, -0.05) is 29.8 Å². The fourth-order valence-corrected chi connectivity index (χ4v) is 1.51. The lowest BCUT2D eigenvalue weighted by Gasteiger charge is -2.02. The number of hydrogen-bond acceptors (Lipinski definition) is 1. The normalized spacial score (nSPS) is 10.2. The molecule has 66 valence electrons. The van der Waals surface area contributed by atoms with Crippen molar-refractivity contribution >= 4 is 17.3 Å². The quantitative estimate of drug-likeness (QED) is 0.671. The van der Waals surface area contributed by atoms with Gasteiger partial charge in [-0.3, -0.25) is 0 Å². The van der Waals surface area contributed by atoms with Crippen LogP contribution in [0.3, 0.4) is 0 Å². The second-order valence-electron chi connectivity index (χ2n) is 2.80. The molecule has 0 bridgehead atoms. The molecule has 0 radical (unpaired) electrons. The average molecular weight is 193 g/mol. The fraction of sp³-hybridized carbons (Fsp3) is 0. The number of nitrogen functional groups attached to an aromatic ring is 1. The largest absolute Gasteiger partial charge is 0.398 e. The lowest BCUT2D eigenvalue weighted by atomic mass is 10.1. The number of nitrogens with one attached hydrogen (secondary N) is 1. The van der Waals surface area contributed by atoms with Crippen LogP contribution in [0.15, 0.2) is 36.7 Å². The summed E-state index contributed by atoms with van der Waals surface area (Å²) in [6.07, 6.45) is 3.58. The van der Waals surface area contributed by atoms with Gasteiger partial charge in [-0.15, -0.1) is 0 Å². The summed E-state index contributed by atoms with van der Waals surface area (Å²) in [5, 5.41) is 0.693. The first-order valence-corrected chi connectivity index (χ1v) is 4.34. The molecule has 3 N–H and O–H groups in total. The highest BCUT2D eigenvalue weighted by molar-refractivity contribution is 6.33. The average Bonchev–Trinajstić information content (AvgIpc) is 2.52. The Morgan fingerprint density at radius 1 is 1.08 bits per heavy atom. The molecule has 0 amide bonds. The molecule has 0 aliphatic heterocycles. The van der Waals surface area contributed by atoms with Crippen molar-refractivity contribution in [3.8, 4) is 11.1 Å². The zero-order valence-electron chi connectivity index (χ0n) is 6.92. The zero-order chi connectivity index (χ0) is 9.26. The van der Waals surface area contributed by atoms with Gasteiger partial charge in [-0.25, -0.2) is 0 Å². The van der Waals surface area contributed by atoms with Gasteiger partial charge in [0.15, 0.2) is 0 Å². The number of halogens is 1. The highest BCUT2D eigenvalue weighted by atomic mass is 35.5. The monoisotopic (exact) mass is 192 g/mol. The third kappa shape index (κ3) is 1.40. The SMILES string of the molecule is Nc1ccccc1-c1c[nH]cc1Cl. The summed E-state index contributed by atoms with van der Waals surface area (Å²) in [6.45, 7) is 0. The number of aromatic nitrogens is 1. The van der Waals surface area contributed by atoms with E-state index in [1.165, 1.54) is 0 Å². The molecule has 0 fully saturated rings. The van der Waals surface area contributed by atoms with Crippen LogP contribution < -0.4 is 5.73 Å². The van der Waals surface area contributed by atoms with Crippen LogP contribution in [0.4, 0.5) is 5.69 Å². The molecule has 1 aromatic heterocycles. The van der Waals surface area contributed by atoms with E-state index >= 15 is 0 Å². The van der Waals surface area contributed by atoms with Crippen molar-refractivity contribution in [1.29, 1.82) is 0 Å². The minimum Gasteiger partial charge on any atom is -0.398 e. The Morgan fingerprint density at radius 2 is 1.85 bits per heavy atom. The molecule has 0 spiro atoms. The van der Waals surface area contributed by atoms with Gasteiger partial charge >= 0.3 is 0 Å². The summed E-state index contributed by atoms with van der Waals surface area (Å²) < 4.78 is 0. The minimum atomic E-state index is 0.693. The third-order valence-electron chi connectivity index (χ3n) is 1.95. The summed E-state index contributed by atoms with van der Waals surface area (Å²) in [5.41, 5.74) is 8.46. The van der Waals surface area contributed by atoms with Crippen LogP contribution in [0.25, 0.3) is 11.1 Å². The first-order chi connectivity index (χ1) is 6.29. The molecule has 0 aliphatic carbocycles. The van der Waals surface area contributed by atoms with Gasteiger partial charge in [0.05, 0.1) is 5.02 Å². The Morgan fingerprint density at radius 3 is 2.46 bits per heavy atom.